The first-order chi connectivity index (χ1) is 18.4. The fourth-order valence-electron chi connectivity index (χ4n) is 5.87. The standard InChI is InChI=1S/C30H26Cl2FN3O2/c1-2-38-30(37)29-12-17(24-15-34-26-9-3-18(31)13-22(24)26)11-28(36(29)21-7-5-20(33)6-8-21)25-16-35-27-10-4-19(32)14-23(25)27/h3-10,13-17,28-29,34-35H,2,11-12H2,1H3/t17-,28-,29-/m0/s1. The molecule has 2 N–H and O–H groups in total. The number of rotatable bonds is 5. The van der Waals surface area contributed by atoms with Gasteiger partial charge in [0, 0.05) is 49.9 Å². The summed E-state index contributed by atoms with van der Waals surface area (Å²) >= 11 is 12.8. The fraction of sp³-hybridized carbons (Fsp3) is 0.233. The number of aromatic nitrogens is 2. The van der Waals surface area contributed by atoms with Crippen LogP contribution in [0.4, 0.5) is 10.1 Å². The quantitative estimate of drug-likeness (QED) is 0.217. The number of esters is 1. The van der Waals surface area contributed by atoms with Crippen LogP contribution in [0.5, 0.6) is 0 Å². The molecule has 1 fully saturated rings. The van der Waals surface area contributed by atoms with E-state index < -0.39 is 6.04 Å². The van der Waals surface area contributed by atoms with E-state index in [1.165, 1.54) is 12.1 Å². The number of hydrogen-bond donors (Lipinski definition) is 2. The highest BCUT2D eigenvalue weighted by atomic mass is 35.5. The first-order valence-electron chi connectivity index (χ1n) is 12.7. The number of ether oxygens (including phenoxy) is 1. The number of anilines is 1. The number of nitrogens with zero attached hydrogens (tertiary/aromatic N) is 1. The van der Waals surface area contributed by atoms with Gasteiger partial charge < -0.3 is 19.6 Å². The Morgan fingerprint density at radius 1 is 0.921 bits per heavy atom. The number of piperidine rings is 1. The number of hydrogen-bond acceptors (Lipinski definition) is 3. The molecular formula is C30H26Cl2FN3O2. The molecule has 194 valence electrons. The third-order valence-electron chi connectivity index (χ3n) is 7.52. The van der Waals surface area contributed by atoms with Crippen LogP contribution in [-0.2, 0) is 9.53 Å². The molecule has 1 aliphatic heterocycles. The Morgan fingerprint density at radius 3 is 2.16 bits per heavy atom. The maximum absolute atomic E-state index is 13.9. The molecule has 5 nitrogen and oxygen atoms in total. The molecule has 8 heteroatoms. The van der Waals surface area contributed by atoms with Crippen LogP contribution in [-0.4, -0.2) is 28.6 Å². The van der Waals surface area contributed by atoms with Gasteiger partial charge in [0.15, 0.2) is 0 Å². The first kappa shape index (κ1) is 24.8. The highest BCUT2D eigenvalue weighted by Crippen LogP contribution is 2.48. The Bertz CT molecular complexity index is 1630. The van der Waals surface area contributed by atoms with Crippen molar-refractivity contribution in [1.82, 2.24) is 9.97 Å². The molecule has 5 aromatic rings. The van der Waals surface area contributed by atoms with E-state index in [1.807, 2.05) is 48.8 Å². The lowest BCUT2D eigenvalue weighted by Crippen LogP contribution is -2.49. The van der Waals surface area contributed by atoms with Crippen molar-refractivity contribution in [2.75, 3.05) is 11.5 Å². The fourth-order valence-corrected chi connectivity index (χ4v) is 6.22. The molecule has 2 aromatic heterocycles. The zero-order valence-corrected chi connectivity index (χ0v) is 22.2. The Hall–Kier alpha value is -3.48. The van der Waals surface area contributed by atoms with Gasteiger partial charge in [-0.15, -0.1) is 0 Å². The lowest BCUT2D eigenvalue weighted by molar-refractivity contribution is -0.145. The zero-order chi connectivity index (χ0) is 26.4. The van der Waals surface area contributed by atoms with Gasteiger partial charge in [0.25, 0.3) is 0 Å². The van der Waals surface area contributed by atoms with Gasteiger partial charge in [0.2, 0.25) is 0 Å². The summed E-state index contributed by atoms with van der Waals surface area (Å²) in [5.74, 6) is -0.604. The van der Waals surface area contributed by atoms with Gasteiger partial charge >= 0.3 is 5.97 Å². The molecule has 0 saturated carbocycles. The van der Waals surface area contributed by atoms with Crippen molar-refractivity contribution in [3.8, 4) is 0 Å². The van der Waals surface area contributed by atoms with Gasteiger partial charge in [0.1, 0.15) is 11.9 Å². The SMILES string of the molecule is CCOC(=O)[C@@H]1C[C@@H](c2c[nH]c3ccc(Cl)cc23)C[C@@H](c2c[nH]c3ccc(Cl)cc23)N1c1ccc(F)cc1. The average Bonchev–Trinajstić information content (AvgIpc) is 3.52. The number of carbonyl (C=O) groups excluding carboxylic acids is 1. The van der Waals surface area contributed by atoms with Crippen LogP contribution in [0.3, 0.4) is 0 Å². The molecular weight excluding hydrogens is 524 g/mol. The lowest BCUT2D eigenvalue weighted by Gasteiger charge is -2.45. The van der Waals surface area contributed by atoms with Gasteiger partial charge in [-0.2, -0.15) is 0 Å². The van der Waals surface area contributed by atoms with Crippen molar-refractivity contribution in [1.29, 1.82) is 0 Å². The van der Waals surface area contributed by atoms with Gasteiger partial charge in [-0.05, 0) is 97.5 Å². The van der Waals surface area contributed by atoms with Crippen molar-refractivity contribution in [3.05, 3.63) is 100 Å². The molecule has 0 amide bonds. The van der Waals surface area contributed by atoms with E-state index >= 15 is 0 Å². The normalized spacial score (nSPS) is 19.8. The minimum Gasteiger partial charge on any atom is -0.464 e. The van der Waals surface area contributed by atoms with Gasteiger partial charge in [-0.25, -0.2) is 9.18 Å². The molecule has 38 heavy (non-hydrogen) atoms. The van der Waals surface area contributed by atoms with Crippen molar-refractivity contribution in [3.63, 3.8) is 0 Å². The van der Waals surface area contributed by atoms with E-state index in [2.05, 4.69) is 14.9 Å². The van der Waals surface area contributed by atoms with Crippen LogP contribution < -0.4 is 4.90 Å². The van der Waals surface area contributed by atoms with E-state index in [0.29, 0.717) is 22.9 Å². The molecule has 0 radical (unpaired) electrons. The Labute approximate surface area is 229 Å². The molecule has 3 heterocycles. The topological polar surface area (TPSA) is 61.1 Å². The number of H-pyrrole nitrogens is 2. The monoisotopic (exact) mass is 549 g/mol. The predicted molar refractivity (Wildman–Crippen MR) is 151 cm³/mol. The summed E-state index contributed by atoms with van der Waals surface area (Å²) in [5.41, 5.74) is 4.83. The average molecular weight is 550 g/mol. The maximum atomic E-state index is 13.9. The number of nitrogens with one attached hydrogen (secondary N) is 2. The molecule has 0 unspecified atom stereocenters. The highest BCUT2D eigenvalue weighted by molar-refractivity contribution is 6.31. The Balaban J connectivity index is 1.53. The van der Waals surface area contributed by atoms with Crippen LogP contribution >= 0.6 is 23.2 Å². The third-order valence-corrected chi connectivity index (χ3v) is 7.99. The third kappa shape index (κ3) is 4.42. The van der Waals surface area contributed by atoms with E-state index in [1.54, 1.807) is 19.1 Å². The second-order valence-electron chi connectivity index (χ2n) is 9.70. The smallest absolute Gasteiger partial charge is 0.328 e. The Morgan fingerprint density at radius 2 is 1.53 bits per heavy atom. The van der Waals surface area contributed by atoms with E-state index in [9.17, 15) is 9.18 Å². The number of carbonyl (C=O) groups is 1. The lowest BCUT2D eigenvalue weighted by atomic mass is 9.79. The van der Waals surface area contributed by atoms with Crippen LogP contribution in [0.25, 0.3) is 21.8 Å². The molecule has 0 aliphatic carbocycles. The molecule has 1 saturated heterocycles. The van der Waals surface area contributed by atoms with Gasteiger partial charge in [-0.3, -0.25) is 0 Å². The van der Waals surface area contributed by atoms with Crippen molar-refractivity contribution < 1.29 is 13.9 Å². The molecule has 3 aromatic carbocycles. The number of aromatic amines is 2. The largest absolute Gasteiger partial charge is 0.464 e. The number of halogens is 3. The highest BCUT2D eigenvalue weighted by Gasteiger charge is 2.42. The predicted octanol–water partition coefficient (Wildman–Crippen LogP) is 8.15. The van der Waals surface area contributed by atoms with Crippen LogP contribution in [0.2, 0.25) is 10.0 Å². The molecule has 0 spiro atoms. The molecule has 1 aliphatic rings. The Kier molecular flexibility index (Phi) is 6.54. The summed E-state index contributed by atoms with van der Waals surface area (Å²) < 4.78 is 19.5. The van der Waals surface area contributed by atoms with Crippen molar-refractivity contribution in [2.45, 2.75) is 37.8 Å². The van der Waals surface area contributed by atoms with Crippen molar-refractivity contribution in [2.24, 2.45) is 0 Å². The minimum atomic E-state index is -0.586. The van der Waals surface area contributed by atoms with Crippen LogP contribution in [0, 0.1) is 5.82 Å². The molecule has 3 atom stereocenters. The van der Waals surface area contributed by atoms with E-state index in [-0.39, 0.29) is 30.4 Å². The summed E-state index contributed by atoms with van der Waals surface area (Å²) in [7, 11) is 0. The molecule has 0 bridgehead atoms. The van der Waals surface area contributed by atoms with Gasteiger partial charge in [0.05, 0.1) is 12.6 Å². The van der Waals surface area contributed by atoms with Crippen LogP contribution in [0.15, 0.2) is 73.1 Å². The van der Waals surface area contributed by atoms with Crippen LogP contribution in [0.1, 0.15) is 42.9 Å². The minimum absolute atomic E-state index is 0.0301. The van der Waals surface area contributed by atoms with E-state index in [0.717, 1.165) is 38.6 Å². The summed E-state index contributed by atoms with van der Waals surface area (Å²) in [6.45, 7) is 2.08. The summed E-state index contributed by atoms with van der Waals surface area (Å²) in [6, 6.07) is 17.0. The zero-order valence-electron chi connectivity index (χ0n) is 20.7. The van der Waals surface area contributed by atoms with E-state index in [4.69, 9.17) is 27.9 Å². The second kappa shape index (κ2) is 10.0. The number of fused-ring (bicyclic) bond motifs is 2. The molecule has 6 rings (SSSR count). The summed E-state index contributed by atoms with van der Waals surface area (Å²) in [4.78, 5) is 22.3. The van der Waals surface area contributed by atoms with Gasteiger partial charge in [-0.1, -0.05) is 23.2 Å². The summed E-state index contributed by atoms with van der Waals surface area (Å²) in [6.07, 6.45) is 5.25. The first-order valence-corrected chi connectivity index (χ1v) is 13.4. The van der Waals surface area contributed by atoms with Crippen molar-refractivity contribution >= 4 is 56.7 Å². The summed E-state index contributed by atoms with van der Waals surface area (Å²) in [5, 5.41) is 3.32. The second-order valence-corrected chi connectivity index (χ2v) is 10.6. The number of benzene rings is 3. The maximum Gasteiger partial charge on any atom is 0.328 e.